The second kappa shape index (κ2) is 4.41. The summed E-state index contributed by atoms with van der Waals surface area (Å²) in [6, 6.07) is 1.67. The molecule has 0 aliphatic heterocycles. The van der Waals surface area contributed by atoms with Crippen LogP contribution in [-0.2, 0) is 0 Å². The van der Waals surface area contributed by atoms with Gasteiger partial charge in [-0.25, -0.2) is 0 Å². The number of aliphatic hydroxyl groups is 2. The summed E-state index contributed by atoms with van der Waals surface area (Å²) in [6.07, 6.45) is -0.398. The first-order valence-electron chi connectivity index (χ1n) is 3.31. The van der Waals surface area contributed by atoms with Crippen molar-refractivity contribution in [1.29, 1.82) is 0 Å². The Bertz CT molecular complexity index is 249. The predicted molar refractivity (Wildman–Crippen MR) is 51.2 cm³/mol. The highest BCUT2D eigenvalue weighted by Gasteiger charge is 2.22. The summed E-state index contributed by atoms with van der Waals surface area (Å²) < 4.78 is 5.63. The molecule has 68 valence electrons. The van der Waals surface area contributed by atoms with Gasteiger partial charge in [-0.1, -0.05) is 15.9 Å². The summed E-state index contributed by atoms with van der Waals surface area (Å²) >= 11 is 6.24. The second-order valence-electron chi connectivity index (χ2n) is 2.30. The van der Waals surface area contributed by atoms with Crippen molar-refractivity contribution in [1.82, 2.24) is 0 Å². The molecule has 2 unspecified atom stereocenters. The molecule has 0 aromatic carbocycles. The van der Waals surface area contributed by atoms with Crippen LogP contribution in [0.15, 0.2) is 21.2 Å². The van der Waals surface area contributed by atoms with E-state index in [1.165, 1.54) is 6.26 Å². The smallest absolute Gasteiger partial charge is 0.149 e. The molecule has 0 fully saturated rings. The number of rotatable bonds is 3. The Hall–Kier alpha value is 0.160. The lowest BCUT2D eigenvalue weighted by Crippen LogP contribution is -2.19. The number of alkyl halides is 1. The molecule has 0 spiro atoms. The largest absolute Gasteiger partial charge is 0.465 e. The van der Waals surface area contributed by atoms with Crippen molar-refractivity contribution in [3.05, 3.63) is 22.6 Å². The molecule has 1 rings (SSSR count). The van der Waals surface area contributed by atoms with Crippen LogP contribution in [0, 0.1) is 0 Å². The number of hydrogen-bond acceptors (Lipinski definition) is 3. The highest BCUT2D eigenvalue weighted by Crippen LogP contribution is 2.27. The molecule has 0 radical (unpaired) electrons. The van der Waals surface area contributed by atoms with E-state index < -0.39 is 12.2 Å². The van der Waals surface area contributed by atoms with Gasteiger partial charge >= 0.3 is 0 Å². The highest BCUT2D eigenvalue weighted by molar-refractivity contribution is 9.10. The maximum Gasteiger partial charge on any atom is 0.149 e. The summed E-state index contributed by atoms with van der Waals surface area (Å²) in [5.74, 6) is 0.349. The van der Waals surface area contributed by atoms with Crippen LogP contribution in [0.25, 0.3) is 0 Å². The molecule has 12 heavy (non-hydrogen) atoms. The lowest BCUT2D eigenvalue weighted by Gasteiger charge is -2.12. The molecule has 0 aliphatic carbocycles. The molecule has 0 amide bonds. The SMILES string of the molecule is OC(CBr)C(O)c1occc1Br. The minimum absolute atomic E-state index is 0.307. The average Bonchev–Trinajstić information content (AvgIpc) is 2.48. The Morgan fingerprint density at radius 2 is 2.17 bits per heavy atom. The maximum atomic E-state index is 9.46. The van der Waals surface area contributed by atoms with E-state index in [2.05, 4.69) is 31.9 Å². The standard InChI is InChI=1S/C7H8Br2O3/c8-3-5(10)6(11)7-4(9)1-2-12-7/h1-2,5-6,10-11H,3H2. The van der Waals surface area contributed by atoms with Crippen molar-refractivity contribution in [2.75, 3.05) is 5.33 Å². The Kier molecular flexibility index (Phi) is 3.77. The molecular weight excluding hydrogens is 292 g/mol. The van der Waals surface area contributed by atoms with Gasteiger partial charge in [-0.15, -0.1) is 0 Å². The molecule has 2 N–H and O–H groups in total. The van der Waals surface area contributed by atoms with Gasteiger partial charge in [-0.2, -0.15) is 0 Å². The fourth-order valence-corrected chi connectivity index (χ4v) is 1.57. The third kappa shape index (κ3) is 2.10. The van der Waals surface area contributed by atoms with Crippen molar-refractivity contribution in [3.8, 4) is 0 Å². The number of furan rings is 1. The first kappa shape index (κ1) is 10.2. The van der Waals surface area contributed by atoms with Crippen LogP contribution < -0.4 is 0 Å². The van der Waals surface area contributed by atoms with Gasteiger partial charge in [0.05, 0.1) is 16.8 Å². The summed E-state index contributed by atoms with van der Waals surface area (Å²) in [5, 5.41) is 19.0. The van der Waals surface area contributed by atoms with Crippen LogP contribution in [0.4, 0.5) is 0 Å². The Labute approximate surface area is 86.6 Å². The van der Waals surface area contributed by atoms with Crippen LogP contribution in [0.1, 0.15) is 11.9 Å². The topological polar surface area (TPSA) is 53.6 Å². The van der Waals surface area contributed by atoms with Crippen molar-refractivity contribution < 1.29 is 14.6 Å². The van der Waals surface area contributed by atoms with E-state index in [1.54, 1.807) is 6.07 Å². The number of halogens is 2. The van der Waals surface area contributed by atoms with Gasteiger partial charge in [0, 0.05) is 5.33 Å². The lowest BCUT2D eigenvalue weighted by atomic mass is 10.2. The molecule has 1 aromatic rings. The molecule has 0 saturated heterocycles. The van der Waals surface area contributed by atoms with Crippen molar-refractivity contribution in [3.63, 3.8) is 0 Å². The fraction of sp³-hybridized carbons (Fsp3) is 0.429. The minimum Gasteiger partial charge on any atom is -0.465 e. The number of hydrogen-bond donors (Lipinski definition) is 2. The van der Waals surface area contributed by atoms with Gasteiger partial charge in [0.25, 0.3) is 0 Å². The maximum absolute atomic E-state index is 9.46. The van der Waals surface area contributed by atoms with Gasteiger partial charge in [0.15, 0.2) is 0 Å². The van der Waals surface area contributed by atoms with Crippen LogP contribution >= 0.6 is 31.9 Å². The summed E-state index contributed by atoms with van der Waals surface area (Å²) in [6.45, 7) is 0. The van der Waals surface area contributed by atoms with Crippen molar-refractivity contribution >= 4 is 31.9 Å². The number of aliphatic hydroxyl groups excluding tert-OH is 2. The van der Waals surface area contributed by atoms with Gasteiger partial charge in [-0.05, 0) is 22.0 Å². The Morgan fingerprint density at radius 1 is 1.50 bits per heavy atom. The van der Waals surface area contributed by atoms with E-state index >= 15 is 0 Å². The molecule has 1 heterocycles. The molecular formula is C7H8Br2O3. The quantitative estimate of drug-likeness (QED) is 0.837. The first-order chi connectivity index (χ1) is 5.66. The van der Waals surface area contributed by atoms with E-state index in [4.69, 9.17) is 4.42 Å². The van der Waals surface area contributed by atoms with Crippen molar-refractivity contribution in [2.24, 2.45) is 0 Å². The third-order valence-corrected chi connectivity index (χ3v) is 2.75. The third-order valence-electron chi connectivity index (χ3n) is 1.44. The second-order valence-corrected chi connectivity index (χ2v) is 3.80. The molecule has 5 heteroatoms. The molecule has 0 aliphatic rings. The summed E-state index contributed by atoms with van der Waals surface area (Å²) in [5.41, 5.74) is 0. The van der Waals surface area contributed by atoms with Gasteiger partial charge in [0.1, 0.15) is 11.9 Å². The lowest BCUT2D eigenvalue weighted by molar-refractivity contribution is 0.0198. The summed E-state index contributed by atoms with van der Waals surface area (Å²) in [4.78, 5) is 0. The normalized spacial score (nSPS) is 16.0. The van der Waals surface area contributed by atoms with Crippen LogP contribution in [-0.4, -0.2) is 21.6 Å². The van der Waals surface area contributed by atoms with Gasteiger partial charge < -0.3 is 14.6 Å². The van der Waals surface area contributed by atoms with E-state index in [9.17, 15) is 10.2 Å². The highest BCUT2D eigenvalue weighted by atomic mass is 79.9. The zero-order valence-electron chi connectivity index (χ0n) is 6.08. The Balaban J connectivity index is 2.77. The van der Waals surface area contributed by atoms with E-state index in [0.29, 0.717) is 15.6 Å². The van der Waals surface area contributed by atoms with Gasteiger partial charge in [-0.3, -0.25) is 0 Å². The van der Waals surface area contributed by atoms with Crippen LogP contribution in [0.2, 0.25) is 0 Å². The first-order valence-corrected chi connectivity index (χ1v) is 5.23. The molecule has 0 bridgehead atoms. The zero-order valence-corrected chi connectivity index (χ0v) is 9.25. The van der Waals surface area contributed by atoms with E-state index in [1.807, 2.05) is 0 Å². The molecule has 3 nitrogen and oxygen atoms in total. The van der Waals surface area contributed by atoms with Crippen LogP contribution in [0.3, 0.4) is 0 Å². The molecule has 0 saturated carbocycles. The average molecular weight is 300 g/mol. The minimum atomic E-state index is -0.992. The summed E-state index contributed by atoms with van der Waals surface area (Å²) in [7, 11) is 0. The van der Waals surface area contributed by atoms with E-state index in [0.717, 1.165) is 0 Å². The van der Waals surface area contributed by atoms with Crippen molar-refractivity contribution in [2.45, 2.75) is 12.2 Å². The Morgan fingerprint density at radius 3 is 2.58 bits per heavy atom. The van der Waals surface area contributed by atoms with Crippen LogP contribution in [0.5, 0.6) is 0 Å². The fourth-order valence-electron chi connectivity index (χ4n) is 0.776. The predicted octanol–water partition coefficient (Wildman–Crippen LogP) is 1.83. The van der Waals surface area contributed by atoms with E-state index in [-0.39, 0.29) is 0 Å². The monoisotopic (exact) mass is 298 g/mol. The van der Waals surface area contributed by atoms with Gasteiger partial charge in [0.2, 0.25) is 0 Å². The molecule has 2 atom stereocenters. The molecule has 1 aromatic heterocycles. The zero-order chi connectivity index (χ0) is 9.14.